The number of nitrogens with zero attached hydrogens (tertiary/aromatic N) is 1. The molecule has 0 atom stereocenters. The smallest absolute Gasteiger partial charge is 0.224 e. The van der Waals surface area contributed by atoms with Crippen LogP contribution in [0.3, 0.4) is 0 Å². The molecule has 0 bridgehead atoms. The first-order chi connectivity index (χ1) is 7.95. The fraction of sp³-hybridized carbons (Fsp3) is 0.692. The van der Waals surface area contributed by atoms with Crippen molar-refractivity contribution in [3.05, 3.63) is 14.7 Å². The van der Waals surface area contributed by atoms with Crippen molar-refractivity contribution in [3.8, 4) is 0 Å². The van der Waals surface area contributed by atoms with E-state index in [1.54, 1.807) is 0 Å². The molecule has 17 heavy (non-hydrogen) atoms. The zero-order chi connectivity index (χ0) is 13.0. The molecule has 0 spiro atoms. The summed E-state index contributed by atoms with van der Waals surface area (Å²) in [5, 5.41) is 3.28. The average molecular weight is 256 g/mol. The predicted octanol–water partition coefficient (Wildman–Crippen LogP) is 3.20. The molecule has 1 rings (SSSR count). The van der Waals surface area contributed by atoms with Gasteiger partial charge in [-0.25, -0.2) is 0 Å². The molecule has 1 aromatic carbocycles. The van der Waals surface area contributed by atoms with E-state index < -0.39 is 0 Å². The van der Waals surface area contributed by atoms with Crippen molar-refractivity contribution in [1.82, 2.24) is 0 Å². The number of rotatable bonds is 7. The van der Waals surface area contributed by atoms with Crippen LogP contribution in [0.2, 0.25) is 0 Å². The van der Waals surface area contributed by atoms with Gasteiger partial charge < -0.3 is 10.2 Å². The molecule has 0 amide bonds. The van der Waals surface area contributed by atoms with Gasteiger partial charge in [0.05, 0.1) is 5.69 Å². The Hall–Kier alpha value is -0.900. The molecule has 98 valence electrons. The highest BCUT2D eigenvalue weighted by atomic mass is 32.1. The Morgan fingerprint density at radius 1 is 1.35 bits per heavy atom. The summed E-state index contributed by atoms with van der Waals surface area (Å²) in [6.45, 7) is 5.37. The van der Waals surface area contributed by atoms with Gasteiger partial charge in [0.2, 0.25) is 5.43 Å². The Morgan fingerprint density at radius 2 is 2.00 bits per heavy atom. The van der Waals surface area contributed by atoms with E-state index >= 15 is 0 Å². The maximum Gasteiger partial charge on any atom is 0.224 e. The van der Waals surface area contributed by atoms with Crippen molar-refractivity contribution in [2.24, 2.45) is 5.92 Å². The van der Waals surface area contributed by atoms with Crippen molar-refractivity contribution in [1.29, 1.82) is 0 Å². The third-order valence-electron chi connectivity index (χ3n) is 2.84. The van der Waals surface area contributed by atoms with Gasteiger partial charge in [0, 0.05) is 22.1 Å². The molecule has 0 heterocycles. The van der Waals surface area contributed by atoms with Gasteiger partial charge in [-0.1, -0.05) is 38.9 Å². The lowest BCUT2D eigenvalue weighted by molar-refractivity contribution is 0.545. The molecule has 0 saturated heterocycles. The molecule has 3 nitrogen and oxygen atoms in total. The fourth-order valence-corrected chi connectivity index (χ4v) is 2.13. The molecule has 1 aromatic rings. The summed E-state index contributed by atoms with van der Waals surface area (Å²) in [7, 11) is 3.74. The summed E-state index contributed by atoms with van der Waals surface area (Å²) in [6, 6.07) is 0. The third kappa shape index (κ3) is 3.53. The Morgan fingerprint density at radius 3 is 2.53 bits per heavy atom. The van der Waals surface area contributed by atoms with E-state index in [1.807, 2.05) is 19.0 Å². The third-order valence-corrected chi connectivity index (χ3v) is 3.23. The highest BCUT2D eigenvalue weighted by Crippen LogP contribution is 2.25. The number of nitrogens with one attached hydrogen (secondary N) is 1. The van der Waals surface area contributed by atoms with Crippen molar-refractivity contribution >= 4 is 23.6 Å². The van der Waals surface area contributed by atoms with Gasteiger partial charge >= 0.3 is 0 Å². The Labute approximate surface area is 110 Å². The maximum atomic E-state index is 11.5. The first kappa shape index (κ1) is 14.2. The van der Waals surface area contributed by atoms with Crippen molar-refractivity contribution in [2.75, 3.05) is 30.9 Å². The highest BCUT2D eigenvalue weighted by Gasteiger charge is 2.18. The Bertz CT molecular complexity index is 436. The van der Waals surface area contributed by atoms with Crippen molar-refractivity contribution < 1.29 is 1.43 Å². The zero-order valence-electron chi connectivity index (χ0n) is 11.2. The summed E-state index contributed by atoms with van der Waals surface area (Å²) < 4.78 is 0.456. The lowest BCUT2D eigenvalue weighted by Crippen LogP contribution is -2.26. The summed E-state index contributed by atoms with van der Waals surface area (Å²) >= 11 is 5.05. The molecular formula is C13H24N2OS. The number of unbranched alkanes of at least 4 members (excludes halogenated alkanes) is 1. The lowest BCUT2D eigenvalue weighted by atomic mass is 10.1. The fourth-order valence-electron chi connectivity index (χ4n) is 1.86. The zero-order valence-corrected chi connectivity index (χ0v) is 12.0. The summed E-state index contributed by atoms with van der Waals surface area (Å²) in [6.07, 6.45) is 3.60. The Balaban J connectivity index is 0.00000289. The molecule has 0 unspecified atom stereocenters. The SMILES string of the molecule is CC(C)CCCCNc1c(N(C)C)c(=O)c1=S.[HH]. The van der Waals surface area contributed by atoms with Gasteiger partial charge in [-0.15, -0.1) is 0 Å². The second kappa shape index (κ2) is 6.15. The minimum atomic E-state index is -0.00493. The van der Waals surface area contributed by atoms with Gasteiger partial charge in [0.15, 0.2) is 0 Å². The van der Waals surface area contributed by atoms with Crippen LogP contribution in [0, 0.1) is 10.4 Å². The van der Waals surface area contributed by atoms with E-state index in [2.05, 4.69) is 19.2 Å². The molecule has 0 aliphatic rings. The highest BCUT2D eigenvalue weighted by molar-refractivity contribution is 7.71. The molecule has 0 aromatic heterocycles. The van der Waals surface area contributed by atoms with E-state index in [4.69, 9.17) is 12.2 Å². The van der Waals surface area contributed by atoms with Crippen LogP contribution in [0.5, 0.6) is 0 Å². The van der Waals surface area contributed by atoms with E-state index in [0.29, 0.717) is 4.51 Å². The first-order valence-corrected chi connectivity index (χ1v) is 6.60. The van der Waals surface area contributed by atoms with Crippen LogP contribution in [-0.2, 0) is 0 Å². The van der Waals surface area contributed by atoms with Crippen LogP contribution in [0.25, 0.3) is 0 Å². The molecular weight excluding hydrogens is 232 g/mol. The molecule has 0 fully saturated rings. The van der Waals surface area contributed by atoms with Gasteiger partial charge in [0.1, 0.15) is 10.2 Å². The van der Waals surface area contributed by atoms with E-state index in [9.17, 15) is 4.79 Å². The van der Waals surface area contributed by atoms with E-state index in [0.717, 1.165) is 30.3 Å². The second-order valence-corrected chi connectivity index (χ2v) is 5.50. The van der Waals surface area contributed by atoms with Crippen LogP contribution in [0.4, 0.5) is 11.4 Å². The van der Waals surface area contributed by atoms with Gasteiger partial charge in [-0.3, -0.25) is 4.79 Å². The van der Waals surface area contributed by atoms with Crippen LogP contribution in [-0.4, -0.2) is 20.6 Å². The molecule has 1 N–H and O–H groups in total. The quantitative estimate of drug-likeness (QED) is 0.600. The molecule has 0 saturated carbocycles. The first-order valence-electron chi connectivity index (χ1n) is 6.19. The van der Waals surface area contributed by atoms with E-state index in [1.165, 1.54) is 12.8 Å². The molecule has 0 aliphatic carbocycles. The van der Waals surface area contributed by atoms with Crippen LogP contribution >= 0.6 is 12.2 Å². The number of anilines is 2. The normalized spacial score (nSPS) is 11.1. The predicted molar refractivity (Wildman–Crippen MR) is 79.5 cm³/mol. The van der Waals surface area contributed by atoms with E-state index in [-0.39, 0.29) is 6.86 Å². The van der Waals surface area contributed by atoms with Crippen LogP contribution < -0.4 is 15.6 Å². The standard InChI is InChI=1S/C13H22N2OS.H2/c1-9(2)7-5-6-8-14-10-11(15(3)4)12(16)13(10)17;/h9,14H,5-8H2,1-4H3;1H. The van der Waals surface area contributed by atoms with Gasteiger partial charge in [0.25, 0.3) is 0 Å². The summed E-state index contributed by atoms with van der Waals surface area (Å²) in [5.74, 6) is 0.762. The average Bonchev–Trinajstić information content (AvgIpc) is 2.25. The Kier molecular flexibility index (Phi) is 5.12. The summed E-state index contributed by atoms with van der Waals surface area (Å²) in [5.41, 5.74) is 1.58. The number of hydrogen-bond acceptors (Lipinski definition) is 4. The molecule has 0 aliphatic heterocycles. The van der Waals surface area contributed by atoms with Crippen LogP contribution in [0.1, 0.15) is 34.5 Å². The number of hydrogen-bond donors (Lipinski definition) is 1. The minimum absolute atomic E-state index is 0. The largest absolute Gasteiger partial charge is 0.382 e. The minimum Gasteiger partial charge on any atom is -0.382 e. The summed E-state index contributed by atoms with van der Waals surface area (Å²) in [4.78, 5) is 13.3. The topological polar surface area (TPSA) is 32.3 Å². The lowest BCUT2D eigenvalue weighted by Gasteiger charge is -2.20. The maximum absolute atomic E-state index is 11.5. The van der Waals surface area contributed by atoms with Gasteiger partial charge in [-0.2, -0.15) is 0 Å². The molecule has 4 heteroatoms. The monoisotopic (exact) mass is 256 g/mol. The van der Waals surface area contributed by atoms with Crippen molar-refractivity contribution in [3.63, 3.8) is 0 Å². The molecule has 0 radical (unpaired) electrons. The van der Waals surface area contributed by atoms with Crippen LogP contribution in [0.15, 0.2) is 4.79 Å². The van der Waals surface area contributed by atoms with Crippen molar-refractivity contribution in [2.45, 2.75) is 33.1 Å². The second-order valence-electron chi connectivity index (χ2n) is 5.09. The van der Waals surface area contributed by atoms with Gasteiger partial charge in [-0.05, 0) is 12.3 Å².